The van der Waals surface area contributed by atoms with Gasteiger partial charge in [-0.25, -0.2) is 0 Å². The van der Waals surface area contributed by atoms with Gasteiger partial charge >= 0.3 is 41.5 Å². The SMILES string of the molecule is C[Si](C)(C)c1cc2ccccc2[cH-]1.O=[C]=[Cr](=[C]=O)=[C]=O. The molecule has 0 aliphatic carbocycles. The third-order valence-corrected chi connectivity index (χ3v) is 5.54. The van der Waals surface area contributed by atoms with Crippen molar-refractivity contribution in [3.05, 3.63) is 36.4 Å². The Bertz CT molecular complexity index is 743. The molecule has 0 aliphatic rings. The second-order valence-corrected chi connectivity index (χ2v) is 12.0. The zero-order valence-corrected chi connectivity index (χ0v) is 13.9. The van der Waals surface area contributed by atoms with E-state index in [9.17, 15) is 14.4 Å². The molecule has 0 amide bonds. The van der Waals surface area contributed by atoms with E-state index in [1.165, 1.54) is 25.0 Å². The second kappa shape index (κ2) is 7.20. The number of hydrogen-bond donors (Lipinski definition) is 0. The molecule has 2 rings (SSSR count). The summed E-state index contributed by atoms with van der Waals surface area (Å²) in [6.07, 6.45) is 0. The van der Waals surface area contributed by atoms with Crippen molar-refractivity contribution in [2.24, 2.45) is 0 Å². The summed E-state index contributed by atoms with van der Waals surface area (Å²) >= 11 is -2.47. The molecule has 0 aliphatic heterocycles. The van der Waals surface area contributed by atoms with Crippen LogP contribution < -0.4 is 5.19 Å². The standard InChI is InChI=1S/C12H15Si.3CO.Cr/c1-13(2,3)12-8-10-6-4-5-7-11(10)9-12;3*1-2;/h4-9H,1-3H3;;;;/q-1;;;;. The van der Waals surface area contributed by atoms with Crippen molar-refractivity contribution in [1.82, 2.24) is 0 Å². The number of carbonyl (C=O) groups excluding carboxylic acids is 3. The fourth-order valence-electron chi connectivity index (χ4n) is 1.63. The molecule has 0 atom stereocenters. The van der Waals surface area contributed by atoms with Crippen molar-refractivity contribution < 1.29 is 27.2 Å². The minimum absolute atomic E-state index is 1.12. The van der Waals surface area contributed by atoms with Crippen LogP contribution in [0.4, 0.5) is 0 Å². The summed E-state index contributed by atoms with van der Waals surface area (Å²) in [5, 5.41) is 4.34. The van der Waals surface area contributed by atoms with Gasteiger partial charge in [0.25, 0.3) is 0 Å². The van der Waals surface area contributed by atoms with Crippen LogP contribution in [0, 0.1) is 0 Å². The summed E-state index contributed by atoms with van der Waals surface area (Å²) in [7, 11) is -1.12. The molecule has 5 heteroatoms. The summed E-state index contributed by atoms with van der Waals surface area (Å²) in [6.45, 7) is 7.17. The third-order valence-electron chi connectivity index (χ3n) is 2.73. The summed E-state index contributed by atoms with van der Waals surface area (Å²) in [4.78, 5) is 28.1. The summed E-state index contributed by atoms with van der Waals surface area (Å²) < 4.78 is 3.69. The Morgan fingerprint density at radius 2 is 1.55 bits per heavy atom. The molecule has 0 bridgehead atoms. The first-order valence-electron chi connectivity index (χ1n) is 5.96. The van der Waals surface area contributed by atoms with E-state index in [0.29, 0.717) is 0 Å². The van der Waals surface area contributed by atoms with Gasteiger partial charge in [-0.1, -0.05) is 25.7 Å². The third kappa shape index (κ3) is 4.46. The van der Waals surface area contributed by atoms with Crippen LogP contribution >= 0.6 is 0 Å². The predicted molar refractivity (Wildman–Crippen MR) is 79.6 cm³/mol. The van der Waals surface area contributed by atoms with Crippen LogP contribution in [-0.2, 0) is 27.2 Å². The molecule has 0 saturated heterocycles. The van der Waals surface area contributed by atoms with Crippen molar-refractivity contribution in [2.45, 2.75) is 19.6 Å². The molecule has 0 spiro atoms. The Balaban J connectivity index is 0.000000246. The van der Waals surface area contributed by atoms with Crippen LogP contribution in [0.1, 0.15) is 0 Å². The molecular weight excluding hydrogens is 308 g/mol. The van der Waals surface area contributed by atoms with Crippen molar-refractivity contribution in [3.8, 4) is 0 Å². The van der Waals surface area contributed by atoms with Gasteiger partial charge in [0.1, 0.15) is 0 Å². The van der Waals surface area contributed by atoms with Gasteiger partial charge in [-0.15, -0.1) is 34.8 Å². The molecule has 0 N–H and O–H groups in total. The fraction of sp³-hybridized carbons (Fsp3) is 0.200. The molecular formula is C15H15CrO3Si-. The maximum atomic E-state index is 9.37. The van der Waals surface area contributed by atoms with E-state index in [-0.39, 0.29) is 0 Å². The van der Waals surface area contributed by atoms with Gasteiger partial charge in [0, 0.05) is 0 Å². The average molecular weight is 323 g/mol. The van der Waals surface area contributed by atoms with Crippen molar-refractivity contribution >= 4 is 38.3 Å². The summed E-state index contributed by atoms with van der Waals surface area (Å²) in [5.41, 5.74) is 0. The predicted octanol–water partition coefficient (Wildman–Crippen LogP) is 1.91. The zero-order chi connectivity index (χ0) is 15.2. The van der Waals surface area contributed by atoms with Crippen molar-refractivity contribution in [3.63, 3.8) is 0 Å². The van der Waals surface area contributed by atoms with Gasteiger partial charge < -0.3 is 0 Å². The Morgan fingerprint density at radius 1 is 1.00 bits per heavy atom. The van der Waals surface area contributed by atoms with Gasteiger partial charge in [-0.3, -0.25) is 0 Å². The second-order valence-electron chi connectivity index (χ2n) is 5.18. The first-order valence-corrected chi connectivity index (χ1v) is 11.4. The van der Waals surface area contributed by atoms with E-state index in [0.717, 1.165) is 0 Å². The molecule has 0 saturated carbocycles. The van der Waals surface area contributed by atoms with Crippen LogP contribution in [0.2, 0.25) is 19.6 Å². The van der Waals surface area contributed by atoms with E-state index in [1.54, 1.807) is 5.19 Å². The molecule has 20 heavy (non-hydrogen) atoms. The Hall–Kier alpha value is -1.68. The monoisotopic (exact) mass is 323 g/mol. The number of benzene rings is 1. The molecule has 0 unspecified atom stereocenters. The van der Waals surface area contributed by atoms with E-state index in [2.05, 4.69) is 56.0 Å². The fourth-order valence-corrected chi connectivity index (χ4v) is 2.97. The molecule has 2 aromatic rings. The zero-order valence-electron chi connectivity index (χ0n) is 11.6. The first-order chi connectivity index (χ1) is 9.42. The molecule has 2 aromatic carbocycles. The number of rotatable bonds is 1. The van der Waals surface area contributed by atoms with Crippen molar-refractivity contribution in [1.29, 1.82) is 0 Å². The number of fused-ring (bicyclic) bond motifs is 1. The van der Waals surface area contributed by atoms with Gasteiger partial charge in [0.15, 0.2) is 0 Å². The summed E-state index contributed by atoms with van der Waals surface area (Å²) in [6, 6.07) is 13.3. The van der Waals surface area contributed by atoms with E-state index in [1.807, 2.05) is 0 Å². The van der Waals surface area contributed by atoms with E-state index >= 15 is 0 Å². The number of hydrogen-bond acceptors (Lipinski definition) is 3. The molecule has 3 nitrogen and oxygen atoms in total. The molecule has 0 radical (unpaired) electrons. The minimum atomic E-state index is -2.47. The van der Waals surface area contributed by atoms with E-state index in [4.69, 9.17) is 0 Å². The van der Waals surface area contributed by atoms with Gasteiger partial charge in [-0.05, 0) is 0 Å². The first kappa shape index (κ1) is 16.4. The van der Waals surface area contributed by atoms with Crippen LogP contribution in [-0.4, -0.2) is 22.3 Å². The van der Waals surface area contributed by atoms with Gasteiger partial charge in [0.2, 0.25) is 0 Å². The maximum absolute atomic E-state index is 9.37. The molecule has 0 heterocycles. The molecule has 104 valence electrons. The Morgan fingerprint density at radius 3 is 1.95 bits per heavy atom. The Labute approximate surface area is 121 Å². The van der Waals surface area contributed by atoms with Crippen LogP contribution in [0.15, 0.2) is 36.4 Å². The molecule has 0 aromatic heterocycles. The van der Waals surface area contributed by atoms with Crippen LogP contribution in [0.5, 0.6) is 0 Å². The van der Waals surface area contributed by atoms with Crippen LogP contribution in [0.25, 0.3) is 10.8 Å². The Kier molecular flexibility index (Phi) is 5.89. The van der Waals surface area contributed by atoms with Gasteiger partial charge in [0.05, 0.1) is 8.07 Å². The van der Waals surface area contributed by atoms with Crippen LogP contribution in [0.3, 0.4) is 0 Å². The molecule has 0 fully saturated rings. The topological polar surface area (TPSA) is 51.2 Å². The normalized spacial score (nSPS) is 9.75. The van der Waals surface area contributed by atoms with Gasteiger partial charge in [-0.2, -0.15) is 11.5 Å². The van der Waals surface area contributed by atoms with E-state index < -0.39 is 20.9 Å². The summed E-state index contributed by atoms with van der Waals surface area (Å²) in [5.74, 6) is 0. The van der Waals surface area contributed by atoms with Crippen molar-refractivity contribution in [2.75, 3.05) is 0 Å². The average Bonchev–Trinajstić information content (AvgIpc) is 2.85. The quantitative estimate of drug-likeness (QED) is 0.595.